The van der Waals surface area contributed by atoms with Gasteiger partial charge in [-0.05, 0) is 41.7 Å². The number of nitrogens with one attached hydrogen (secondary N) is 2. The van der Waals surface area contributed by atoms with Crippen molar-refractivity contribution in [1.82, 2.24) is 15.5 Å². The van der Waals surface area contributed by atoms with Gasteiger partial charge in [0.2, 0.25) is 0 Å². The topological polar surface area (TPSA) is 56.7 Å². The number of aliphatic imine (C=N–C) groups is 1. The summed E-state index contributed by atoms with van der Waals surface area (Å²) in [6.07, 6.45) is 2.04. The van der Waals surface area contributed by atoms with E-state index in [0.29, 0.717) is 0 Å². The third kappa shape index (κ3) is 25.9. The Hall–Kier alpha value is -1.36. The first-order valence-corrected chi connectivity index (χ1v) is 8.66. The zero-order valence-corrected chi connectivity index (χ0v) is 17.5. The summed E-state index contributed by atoms with van der Waals surface area (Å²) < 4.78 is 0. The van der Waals surface area contributed by atoms with Crippen LogP contribution in [0.5, 0.6) is 0 Å². The molecule has 0 aliphatic carbocycles. The van der Waals surface area contributed by atoms with Crippen LogP contribution in [0.1, 0.15) is 62.3 Å². The number of guanidine groups is 1. The van der Waals surface area contributed by atoms with Crippen LogP contribution in [0.2, 0.25) is 0 Å². The Kier molecular flexibility index (Phi) is 33.0. The maximum absolute atomic E-state index is 9.44. The van der Waals surface area contributed by atoms with Crippen molar-refractivity contribution < 1.29 is 4.79 Å². The molecule has 23 heavy (non-hydrogen) atoms. The summed E-state index contributed by atoms with van der Waals surface area (Å²) in [7, 11) is 3.77. The molecule has 0 saturated heterocycles. The fourth-order valence-electron chi connectivity index (χ4n) is 1.19. The zero-order chi connectivity index (χ0) is 19.3. The average molecular weight is 331 g/mol. The van der Waals surface area contributed by atoms with E-state index >= 15 is 0 Å². The quantitative estimate of drug-likeness (QED) is 0.596. The molecule has 0 rings (SSSR count). The predicted molar refractivity (Wildman–Crippen MR) is 106 cm³/mol. The van der Waals surface area contributed by atoms with Crippen LogP contribution < -0.4 is 10.6 Å². The highest BCUT2D eigenvalue weighted by Gasteiger charge is 2.07. The Bertz CT molecular complexity index is 295. The lowest BCUT2D eigenvalue weighted by molar-refractivity contribution is -0.114. The number of hydrogen-bond donors (Lipinski definition) is 2. The number of nitrogens with zero attached hydrogens (tertiary/aromatic N) is 2. The van der Waals surface area contributed by atoms with E-state index in [1.807, 2.05) is 61.7 Å². The maximum atomic E-state index is 9.44. The van der Waals surface area contributed by atoms with E-state index in [0.717, 1.165) is 31.3 Å². The summed E-state index contributed by atoms with van der Waals surface area (Å²) >= 11 is 0. The molecular weight excluding hydrogens is 288 g/mol. The molecule has 0 heterocycles. The smallest absolute Gasteiger partial charge is 0.197 e. The monoisotopic (exact) mass is 330 g/mol. The maximum Gasteiger partial charge on any atom is 0.197 e. The minimum absolute atomic E-state index is 0.167. The largest absolute Gasteiger partial charge is 0.342 e. The second kappa shape index (κ2) is 25.6. The molecule has 2 N–H and O–H groups in total. The normalized spacial score (nSPS) is 10.0. The van der Waals surface area contributed by atoms with Gasteiger partial charge >= 0.3 is 0 Å². The molecule has 0 aromatic carbocycles. The summed E-state index contributed by atoms with van der Waals surface area (Å²) in [6.45, 7) is 20.1. The molecule has 5 nitrogen and oxygen atoms in total. The van der Waals surface area contributed by atoms with Gasteiger partial charge in [0.25, 0.3) is 0 Å². The van der Waals surface area contributed by atoms with Crippen molar-refractivity contribution in [3.63, 3.8) is 0 Å². The van der Waals surface area contributed by atoms with Crippen LogP contribution in [0.4, 0.5) is 0 Å². The second-order valence-corrected chi connectivity index (χ2v) is 4.24. The molecule has 0 aliphatic heterocycles. The molecular formula is C18H42N4O. The number of hydrogen-bond acceptors (Lipinski definition) is 3. The fourth-order valence-corrected chi connectivity index (χ4v) is 1.19. The van der Waals surface area contributed by atoms with E-state index in [1.54, 1.807) is 0 Å². The fraction of sp³-hybridized carbons (Fsp3) is 0.778. The van der Waals surface area contributed by atoms with E-state index in [2.05, 4.69) is 27.4 Å². The first-order chi connectivity index (χ1) is 10.9. The third-order valence-corrected chi connectivity index (χ3v) is 2.27. The SMILES string of the molecule is C/C=C(\C)NC(=NC)N(CC)CCNC.CC.CC.CC(C)=O. The first-order valence-electron chi connectivity index (χ1n) is 8.66. The minimum atomic E-state index is 0.167. The Morgan fingerprint density at radius 2 is 1.57 bits per heavy atom. The number of carbonyl (C=O) groups is 1. The summed E-state index contributed by atoms with van der Waals surface area (Å²) in [5.41, 5.74) is 1.12. The van der Waals surface area contributed by atoms with Crippen molar-refractivity contribution in [2.24, 2.45) is 4.99 Å². The molecule has 0 radical (unpaired) electrons. The Morgan fingerprint density at radius 3 is 1.83 bits per heavy atom. The van der Waals surface area contributed by atoms with Crippen molar-refractivity contribution in [2.45, 2.75) is 62.3 Å². The number of Topliss-reactive ketones (excluding diaryl/α,β-unsaturated/α-hetero) is 1. The number of ketones is 1. The van der Waals surface area contributed by atoms with Crippen LogP contribution in [0.15, 0.2) is 16.8 Å². The standard InChI is InChI=1S/C11H24N4.C3H6O.2C2H6/c1-6-10(3)14-11(13-5)15(7-2)9-8-12-4;1-3(2)4;2*1-2/h6,12H,7-9H2,1-5H3,(H,13,14);1-2H3;2*1-2H3/b10-6+;;;. The number of carbonyl (C=O) groups excluding carboxylic acids is 1. The van der Waals surface area contributed by atoms with Crippen LogP contribution in [-0.2, 0) is 4.79 Å². The highest BCUT2D eigenvalue weighted by molar-refractivity contribution is 5.81. The second-order valence-electron chi connectivity index (χ2n) is 4.24. The third-order valence-electron chi connectivity index (χ3n) is 2.27. The minimum Gasteiger partial charge on any atom is -0.342 e. The molecule has 0 atom stereocenters. The molecule has 0 aliphatic rings. The van der Waals surface area contributed by atoms with E-state index in [9.17, 15) is 4.79 Å². The van der Waals surface area contributed by atoms with Gasteiger partial charge in [0.1, 0.15) is 5.78 Å². The van der Waals surface area contributed by atoms with Crippen LogP contribution >= 0.6 is 0 Å². The highest BCUT2D eigenvalue weighted by atomic mass is 16.1. The average Bonchev–Trinajstić information content (AvgIpc) is 2.57. The van der Waals surface area contributed by atoms with Gasteiger partial charge in [-0.1, -0.05) is 33.8 Å². The van der Waals surface area contributed by atoms with E-state index in [1.165, 1.54) is 13.8 Å². The summed E-state index contributed by atoms with van der Waals surface area (Å²) in [6, 6.07) is 0. The molecule has 0 saturated carbocycles. The van der Waals surface area contributed by atoms with Crippen LogP contribution in [-0.4, -0.2) is 50.4 Å². The van der Waals surface area contributed by atoms with Gasteiger partial charge in [0.15, 0.2) is 5.96 Å². The summed E-state index contributed by atoms with van der Waals surface area (Å²) in [5, 5.41) is 6.43. The van der Waals surface area contributed by atoms with Gasteiger partial charge < -0.3 is 20.3 Å². The van der Waals surface area contributed by atoms with Crippen molar-refractivity contribution in [3.8, 4) is 0 Å². The Labute approximate surface area is 145 Å². The van der Waals surface area contributed by atoms with Crippen molar-refractivity contribution in [1.29, 1.82) is 0 Å². The Balaban J connectivity index is -0.000000190. The molecule has 0 aromatic heterocycles. The van der Waals surface area contributed by atoms with Crippen molar-refractivity contribution in [2.75, 3.05) is 33.7 Å². The van der Waals surface area contributed by atoms with Crippen LogP contribution in [0.25, 0.3) is 0 Å². The lowest BCUT2D eigenvalue weighted by Gasteiger charge is -2.25. The molecule has 5 heteroatoms. The Morgan fingerprint density at radius 1 is 1.13 bits per heavy atom. The molecule has 0 unspecified atom stereocenters. The number of rotatable bonds is 5. The molecule has 0 fully saturated rings. The van der Waals surface area contributed by atoms with Crippen molar-refractivity contribution >= 4 is 11.7 Å². The van der Waals surface area contributed by atoms with Gasteiger partial charge in [-0.15, -0.1) is 0 Å². The number of allylic oxidation sites excluding steroid dienone is 2. The molecule has 0 bridgehead atoms. The number of likely N-dealkylation sites (N-methyl/N-ethyl adjacent to an activating group) is 2. The zero-order valence-electron chi connectivity index (χ0n) is 17.5. The molecule has 0 aromatic rings. The van der Waals surface area contributed by atoms with E-state index in [4.69, 9.17) is 0 Å². The van der Waals surface area contributed by atoms with Gasteiger partial charge in [0.05, 0.1) is 0 Å². The van der Waals surface area contributed by atoms with Crippen LogP contribution in [0, 0.1) is 0 Å². The lowest BCUT2D eigenvalue weighted by Crippen LogP contribution is -2.43. The predicted octanol–water partition coefficient (Wildman–Crippen LogP) is 3.67. The molecule has 140 valence electrons. The molecule has 0 spiro atoms. The van der Waals surface area contributed by atoms with Gasteiger partial charge in [0, 0.05) is 32.4 Å². The summed E-state index contributed by atoms with van der Waals surface area (Å²) in [4.78, 5) is 15.9. The molecule has 0 amide bonds. The van der Waals surface area contributed by atoms with Crippen molar-refractivity contribution in [3.05, 3.63) is 11.8 Å². The lowest BCUT2D eigenvalue weighted by atomic mass is 10.4. The highest BCUT2D eigenvalue weighted by Crippen LogP contribution is 1.93. The van der Waals surface area contributed by atoms with E-state index in [-0.39, 0.29) is 5.78 Å². The summed E-state index contributed by atoms with van der Waals surface area (Å²) in [5.74, 6) is 1.10. The van der Waals surface area contributed by atoms with Gasteiger partial charge in [-0.3, -0.25) is 4.99 Å². The van der Waals surface area contributed by atoms with E-state index < -0.39 is 0 Å². The van der Waals surface area contributed by atoms with Gasteiger partial charge in [-0.2, -0.15) is 0 Å². The first kappa shape index (κ1) is 29.6. The van der Waals surface area contributed by atoms with Crippen LogP contribution in [0.3, 0.4) is 0 Å². The van der Waals surface area contributed by atoms with Gasteiger partial charge in [-0.25, -0.2) is 0 Å².